The molecule has 1 rings (SSSR count). The van der Waals surface area contributed by atoms with E-state index < -0.39 is 0 Å². The van der Waals surface area contributed by atoms with Gasteiger partial charge >= 0.3 is 0 Å². The minimum absolute atomic E-state index is 0.807. The fourth-order valence-electron chi connectivity index (χ4n) is 1.44. The molecule has 0 aromatic heterocycles. The van der Waals surface area contributed by atoms with Crippen LogP contribution in [0.25, 0.3) is 0 Å². The number of rotatable bonds is 5. The van der Waals surface area contributed by atoms with Gasteiger partial charge in [-0.1, -0.05) is 0 Å². The Kier molecular flexibility index (Phi) is 4.78. The lowest BCUT2D eigenvalue weighted by Crippen LogP contribution is -2.06. The molecule has 0 aliphatic heterocycles. The zero-order valence-electron chi connectivity index (χ0n) is 9.59. The number of hydrogen-bond donors (Lipinski definition) is 1. The minimum atomic E-state index is 0.807. The molecule has 0 saturated carbocycles. The Morgan fingerprint density at radius 3 is 2.07 bits per heavy atom. The smallest absolute Gasteiger partial charge is 0.136 e. The van der Waals surface area contributed by atoms with E-state index in [0.29, 0.717) is 0 Å². The summed E-state index contributed by atoms with van der Waals surface area (Å²) in [5, 5.41) is 3.11. The lowest BCUT2D eigenvalue weighted by molar-refractivity contribution is 0.375. The first-order valence-corrected chi connectivity index (χ1v) is 5.92. The van der Waals surface area contributed by atoms with Crippen LogP contribution in [0.1, 0.15) is 5.56 Å². The summed E-state index contributed by atoms with van der Waals surface area (Å²) in [6.07, 6.45) is 2.01. The van der Waals surface area contributed by atoms with Crippen molar-refractivity contribution in [2.75, 3.05) is 27.5 Å². The van der Waals surface area contributed by atoms with Crippen molar-refractivity contribution in [2.45, 2.75) is 11.4 Å². The molecule has 1 aromatic carbocycles. The van der Waals surface area contributed by atoms with E-state index >= 15 is 0 Å². The monoisotopic (exact) mass is 227 g/mol. The normalized spacial score (nSPS) is 10.1. The third-order valence-electron chi connectivity index (χ3n) is 2.11. The fourth-order valence-corrected chi connectivity index (χ4v) is 2.13. The van der Waals surface area contributed by atoms with Crippen LogP contribution in [-0.4, -0.2) is 27.5 Å². The minimum Gasteiger partial charge on any atom is -0.495 e. The van der Waals surface area contributed by atoms with Gasteiger partial charge in [-0.25, -0.2) is 0 Å². The first-order valence-electron chi connectivity index (χ1n) is 4.70. The number of benzene rings is 1. The van der Waals surface area contributed by atoms with E-state index in [1.54, 1.807) is 26.0 Å². The van der Waals surface area contributed by atoms with Crippen LogP contribution in [0.15, 0.2) is 17.0 Å². The van der Waals surface area contributed by atoms with Gasteiger partial charge in [0.25, 0.3) is 0 Å². The third-order valence-corrected chi connectivity index (χ3v) is 2.92. The molecular weight excluding hydrogens is 210 g/mol. The van der Waals surface area contributed by atoms with Crippen LogP contribution in [0.2, 0.25) is 0 Å². The molecule has 0 fully saturated rings. The Bertz CT molecular complexity index is 303. The lowest BCUT2D eigenvalue weighted by atomic mass is 10.2. The highest BCUT2D eigenvalue weighted by atomic mass is 32.2. The molecule has 1 N–H and O–H groups in total. The van der Waals surface area contributed by atoms with Gasteiger partial charge < -0.3 is 14.8 Å². The fraction of sp³-hybridized carbons (Fsp3) is 0.455. The molecule has 0 saturated heterocycles. The van der Waals surface area contributed by atoms with Crippen molar-refractivity contribution in [3.05, 3.63) is 17.7 Å². The van der Waals surface area contributed by atoms with Gasteiger partial charge in [-0.2, -0.15) is 0 Å². The highest BCUT2D eigenvalue weighted by Gasteiger charge is 2.10. The number of nitrogens with one attached hydrogen (secondary N) is 1. The molecule has 0 aliphatic carbocycles. The molecule has 0 atom stereocenters. The van der Waals surface area contributed by atoms with Gasteiger partial charge in [0.05, 0.1) is 19.1 Å². The number of ether oxygens (including phenoxy) is 2. The second kappa shape index (κ2) is 5.88. The molecular formula is C11H17NO2S. The Morgan fingerprint density at radius 2 is 1.73 bits per heavy atom. The lowest BCUT2D eigenvalue weighted by Gasteiger charge is -2.13. The average molecular weight is 227 g/mol. The van der Waals surface area contributed by atoms with Crippen molar-refractivity contribution in [1.82, 2.24) is 5.32 Å². The maximum Gasteiger partial charge on any atom is 0.136 e. The summed E-state index contributed by atoms with van der Waals surface area (Å²) in [6, 6.07) is 4.07. The quantitative estimate of drug-likeness (QED) is 0.781. The number of thioether (sulfide) groups is 1. The van der Waals surface area contributed by atoms with Gasteiger partial charge in [-0.05, 0) is 31.0 Å². The van der Waals surface area contributed by atoms with Crippen molar-refractivity contribution in [1.29, 1.82) is 0 Å². The van der Waals surface area contributed by atoms with Gasteiger partial charge in [0.2, 0.25) is 0 Å². The predicted octanol–water partition coefficient (Wildman–Crippen LogP) is 2.15. The third kappa shape index (κ3) is 2.79. The molecule has 0 unspecified atom stereocenters. The van der Waals surface area contributed by atoms with E-state index in [0.717, 1.165) is 28.5 Å². The van der Waals surface area contributed by atoms with Gasteiger partial charge in [0.1, 0.15) is 11.5 Å². The molecule has 0 radical (unpaired) electrons. The van der Waals surface area contributed by atoms with Gasteiger partial charge in [-0.3, -0.25) is 0 Å². The summed E-state index contributed by atoms with van der Waals surface area (Å²) in [5.41, 5.74) is 1.16. The standard InChI is InChI=1S/C11H17NO2S/c1-12-7-8-5-9(13-2)11(15-4)10(6-8)14-3/h5-6,12H,7H2,1-4H3. The Labute approximate surface area is 95.2 Å². The van der Waals surface area contributed by atoms with Crippen LogP contribution in [0.3, 0.4) is 0 Å². The van der Waals surface area contributed by atoms with E-state index in [9.17, 15) is 0 Å². The maximum atomic E-state index is 5.34. The topological polar surface area (TPSA) is 30.5 Å². The molecule has 0 heterocycles. The van der Waals surface area contributed by atoms with Gasteiger partial charge in [0.15, 0.2) is 0 Å². The average Bonchev–Trinajstić information content (AvgIpc) is 2.28. The first kappa shape index (κ1) is 12.2. The van der Waals surface area contributed by atoms with Crippen LogP contribution in [0.4, 0.5) is 0 Å². The largest absolute Gasteiger partial charge is 0.495 e. The Balaban J connectivity index is 3.16. The molecule has 0 bridgehead atoms. The molecule has 84 valence electrons. The zero-order valence-corrected chi connectivity index (χ0v) is 10.4. The molecule has 1 aromatic rings. The van der Waals surface area contributed by atoms with Crippen LogP contribution in [0, 0.1) is 0 Å². The van der Waals surface area contributed by atoms with Crippen LogP contribution in [0.5, 0.6) is 11.5 Å². The molecule has 0 amide bonds. The zero-order chi connectivity index (χ0) is 11.3. The molecule has 3 nitrogen and oxygen atoms in total. The van der Waals surface area contributed by atoms with Crippen molar-refractivity contribution >= 4 is 11.8 Å². The maximum absolute atomic E-state index is 5.34. The predicted molar refractivity (Wildman–Crippen MR) is 64.1 cm³/mol. The summed E-state index contributed by atoms with van der Waals surface area (Å²) in [4.78, 5) is 1.04. The highest BCUT2D eigenvalue weighted by molar-refractivity contribution is 7.98. The molecule has 4 heteroatoms. The second-order valence-electron chi connectivity index (χ2n) is 3.06. The van der Waals surface area contributed by atoms with Crippen molar-refractivity contribution < 1.29 is 9.47 Å². The highest BCUT2D eigenvalue weighted by Crippen LogP contribution is 2.37. The summed E-state index contributed by atoms with van der Waals surface area (Å²) in [7, 11) is 5.27. The van der Waals surface area contributed by atoms with Crippen molar-refractivity contribution in [3.63, 3.8) is 0 Å². The Hall–Kier alpha value is -0.870. The van der Waals surface area contributed by atoms with Crippen LogP contribution >= 0.6 is 11.8 Å². The van der Waals surface area contributed by atoms with E-state index in [2.05, 4.69) is 5.32 Å². The SMILES string of the molecule is CNCc1cc(OC)c(SC)c(OC)c1. The second-order valence-corrected chi connectivity index (χ2v) is 3.88. The van der Waals surface area contributed by atoms with Crippen molar-refractivity contribution in [2.24, 2.45) is 0 Å². The Morgan fingerprint density at radius 1 is 1.20 bits per heavy atom. The first-order chi connectivity index (χ1) is 7.26. The summed E-state index contributed by atoms with van der Waals surface area (Å²) in [6.45, 7) is 0.807. The van der Waals surface area contributed by atoms with E-state index in [1.165, 1.54) is 0 Å². The van der Waals surface area contributed by atoms with Crippen LogP contribution < -0.4 is 14.8 Å². The van der Waals surface area contributed by atoms with Crippen LogP contribution in [-0.2, 0) is 6.54 Å². The summed E-state index contributed by atoms with van der Waals surface area (Å²) in [5.74, 6) is 1.74. The molecule has 0 aliphatic rings. The van der Waals surface area contributed by atoms with Gasteiger partial charge in [-0.15, -0.1) is 11.8 Å². The number of hydrogen-bond acceptors (Lipinski definition) is 4. The number of methoxy groups -OCH3 is 2. The van der Waals surface area contributed by atoms with E-state index in [4.69, 9.17) is 9.47 Å². The van der Waals surface area contributed by atoms with Crippen molar-refractivity contribution in [3.8, 4) is 11.5 Å². The van der Waals surface area contributed by atoms with E-state index in [-0.39, 0.29) is 0 Å². The summed E-state index contributed by atoms with van der Waals surface area (Å²) < 4.78 is 10.7. The summed E-state index contributed by atoms with van der Waals surface area (Å²) >= 11 is 1.63. The van der Waals surface area contributed by atoms with Gasteiger partial charge in [0, 0.05) is 6.54 Å². The molecule has 0 spiro atoms. The molecule has 15 heavy (non-hydrogen) atoms. The van der Waals surface area contributed by atoms with E-state index in [1.807, 2.05) is 25.4 Å².